The van der Waals surface area contributed by atoms with Crippen molar-refractivity contribution in [2.24, 2.45) is 0 Å². The van der Waals surface area contributed by atoms with E-state index in [1.807, 2.05) is 0 Å². The zero-order valence-electron chi connectivity index (χ0n) is 6.74. The Balaban J connectivity index is 2.29. The van der Waals surface area contributed by atoms with Gasteiger partial charge in [-0.15, -0.1) is 0 Å². The Hall–Kier alpha value is -1.32. The van der Waals surface area contributed by atoms with Gasteiger partial charge in [-0.2, -0.15) is 0 Å². The van der Waals surface area contributed by atoms with Gasteiger partial charge >= 0.3 is 5.97 Å². The first-order chi connectivity index (χ1) is 5.83. The minimum atomic E-state index is -0.363. The van der Waals surface area contributed by atoms with Crippen LogP contribution in [-0.2, 0) is 4.74 Å². The summed E-state index contributed by atoms with van der Waals surface area (Å²) in [5.41, 5.74) is 0.472. The molecule has 2 rings (SSSR count). The quantitative estimate of drug-likeness (QED) is 0.623. The normalized spacial score (nSPS) is 16.1. The number of nitrogens with zero attached hydrogens (tertiary/aromatic N) is 1. The third kappa shape index (κ3) is 1.09. The lowest BCUT2D eigenvalue weighted by Gasteiger charge is -1.95. The third-order valence-corrected chi connectivity index (χ3v) is 1.95. The highest BCUT2D eigenvalue weighted by molar-refractivity contribution is 5.90. The van der Waals surface area contributed by atoms with Crippen LogP contribution in [0.1, 0.15) is 34.9 Å². The summed E-state index contributed by atoms with van der Waals surface area (Å²) < 4.78 is 9.53. The number of aromatic nitrogens is 1. The van der Waals surface area contributed by atoms with Crippen LogP contribution in [0.25, 0.3) is 0 Å². The van der Waals surface area contributed by atoms with Gasteiger partial charge in [0.2, 0.25) is 0 Å². The summed E-state index contributed by atoms with van der Waals surface area (Å²) in [7, 11) is 1.35. The Morgan fingerprint density at radius 3 is 3.08 bits per heavy atom. The number of hydrogen-bond donors (Lipinski definition) is 0. The molecule has 0 atom stereocenters. The van der Waals surface area contributed by atoms with Crippen LogP contribution in [0.4, 0.5) is 0 Å². The van der Waals surface area contributed by atoms with Crippen LogP contribution in [0, 0.1) is 0 Å². The van der Waals surface area contributed by atoms with Gasteiger partial charge in [-0.05, 0) is 12.8 Å². The van der Waals surface area contributed by atoms with Crippen LogP contribution in [0.5, 0.6) is 0 Å². The van der Waals surface area contributed by atoms with Gasteiger partial charge in [-0.1, -0.05) is 5.16 Å². The van der Waals surface area contributed by atoms with Crippen LogP contribution < -0.4 is 0 Å². The molecule has 4 nitrogen and oxygen atoms in total. The molecule has 64 valence electrons. The molecule has 1 heterocycles. The van der Waals surface area contributed by atoms with Gasteiger partial charge in [-0.25, -0.2) is 4.79 Å². The molecule has 1 aromatic heterocycles. The van der Waals surface area contributed by atoms with E-state index in [-0.39, 0.29) is 5.97 Å². The average Bonchev–Trinajstić information content (AvgIpc) is 2.83. The minimum Gasteiger partial charge on any atom is -0.465 e. The highest BCUT2D eigenvalue weighted by atomic mass is 16.5. The maximum Gasteiger partial charge on any atom is 0.343 e. The van der Waals surface area contributed by atoms with E-state index >= 15 is 0 Å². The molecule has 1 aliphatic rings. The molecule has 0 saturated heterocycles. The van der Waals surface area contributed by atoms with E-state index in [9.17, 15) is 4.79 Å². The summed E-state index contributed by atoms with van der Waals surface area (Å²) in [4.78, 5) is 11.1. The molecule has 0 aliphatic heterocycles. The minimum absolute atomic E-state index is 0.363. The van der Waals surface area contributed by atoms with E-state index in [1.165, 1.54) is 13.3 Å². The van der Waals surface area contributed by atoms with E-state index < -0.39 is 0 Å². The lowest BCUT2D eigenvalue weighted by atomic mass is 10.2. The van der Waals surface area contributed by atoms with Crippen LogP contribution in [0.15, 0.2) is 10.7 Å². The Bertz CT molecular complexity index is 301. The zero-order chi connectivity index (χ0) is 8.55. The van der Waals surface area contributed by atoms with Gasteiger partial charge < -0.3 is 9.26 Å². The molecule has 4 heteroatoms. The van der Waals surface area contributed by atoms with Gasteiger partial charge in [-0.3, -0.25) is 0 Å². The number of ether oxygens (including phenoxy) is 1. The van der Waals surface area contributed by atoms with Crippen LogP contribution in [0.3, 0.4) is 0 Å². The first-order valence-electron chi connectivity index (χ1n) is 3.86. The van der Waals surface area contributed by atoms with Gasteiger partial charge in [0.1, 0.15) is 5.56 Å². The summed E-state index contributed by atoms with van der Waals surface area (Å²) in [6.45, 7) is 0. The van der Waals surface area contributed by atoms with Crippen molar-refractivity contribution in [2.75, 3.05) is 7.11 Å². The molecular formula is C8H9NO3. The van der Waals surface area contributed by atoms with E-state index in [0.717, 1.165) is 12.8 Å². The summed E-state index contributed by atoms with van der Waals surface area (Å²) in [6, 6.07) is 0. The average molecular weight is 167 g/mol. The van der Waals surface area contributed by atoms with E-state index in [1.54, 1.807) is 0 Å². The first-order valence-corrected chi connectivity index (χ1v) is 3.86. The van der Waals surface area contributed by atoms with E-state index in [0.29, 0.717) is 17.2 Å². The first kappa shape index (κ1) is 7.34. The SMILES string of the molecule is COC(=O)c1cnoc1C1CC1. The lowest BCUT2D eigenvalue weighted by molar-refractivity contribution is 0.0598. The summed E-state index contributed by atoms with van der Waals surface area (Å²) in [6.07, 6.45) is 3.58. The molecule has 1 aromatic rings. The smallest absolute Gasteiger partial charge is 0.343 e. The van der Waals surface area contributed by atoms with Gasteiger partial charge in [0.15, 0.2) is 5.76 Å². The molecule has 12 heavy (non-hydrogen) atoms. The number of carbonyl (C=O) groups is 1. The summed E-state index contributed by atoms with van der Waals surface area (Å²) in [5, 5.41) is 3.58. The molecule has 1 aliphatic carbocycles. The van der Waals surface area contributed by atoms with Crippen LogP contribution >= 0.6 is 0 Å². The fourth-order valence-electron chi connectivity index (χ4n) is 1.15. The molecular weight excluding hydrogens is 158 g/mol. The number of methoxy groups -OCH3 is 1. The second-order valence-corrected chi connectivity index (χ2v) is 2.87. The molecule has 1 saturated carbocycles. The molecule has 0 N–H and O–H groups in total. The second-order valence-electron chi connectivity index (χ2n) is 2.87. The van der Waals surface area contributed by atoms with Gasteiger partial charge in [0.25, 0.3) is 0 Å². The number of hydrogen-bond acceptors (Lipinski definition) is 4. The Morgan fingerprint density at radius 1 is 1.75 bits per heavy atom. The Labute approximate surface area is 69.5 Å². The Morgan fingerprint density at radius 2 is 2.50 bits per heavy atom. The van der Waals surface area contributed by atoms with Crippen LogP contribution in [0.2, 0.25) is 0 Å². The van der Waals surface area contributed by atoms with Crippen molar-refractivity contribution in [2.45, 2.75) is 18.8 Å². The fourth-order valence-corrected chi connectivity index (χ4v) is 1.15. The molecule has 0 unspecified atom stereocenters. The molecule has 1 fully saturated rings. The molecule has 0 bridgehead atoms. The zero-order valence-corrected chi connectivity index (χ0v) is 6.74. The van der Waals surface area contributed by atoms with Crippen molar-refractivity contribution in [1.82, 2.24) is 5.16 Å². The second kappa shape index (κ2) is 2.62. The predicted octanol–water partition coefficient (Wildman–Crippen LogP) is 1.34. The largest absolute Gasteiger partial charge is 0.465 e. The highest BCUT2D eigenvalue weighted by Gasteiger charge is 2.32. The van der Waals surface area contributed by atoms with Gasteiger partial charge in [0, 0.05) is 5.92 Å². The number of carbonyl (C=O) groups excluding carboxylic acids is 1. The molecule has 0 aromatic carbocycles. The van der Waals surface area contributed by atoms with Crippen molar-refractivity contribution >= 4 is 5.97 Å². The van der Waals surface area contributed by atoms with Crippen molar-refractivity contribution in [1.29, 1.82) is 0 Å². The van der Waals surface area contributed by atoms with Crippen molar-refractivity contribution in [3.8, 4) is 0 Å². The van der Waals surface area contributed by atoms with E-state index in [4.69, 9.17) is 4.52 Å². The topological polar surface area (TPSA) is 52.3 Å². The Kier molecular flexibility index (Phi) is 1.60. The summed E-state index contributed by atoms with van der Waals surface area (Å²) in [5.74, 6) is 0.710. The number of esters is 1. The third-order valence-electron chi connectivity index (χ3n) is 1.95. The van der Waals surface area contributed by atoms with Crippen molar-refractivity contribution in [3.63, 3.8) is 0 Å². The molecule has 0 spiro atoms. The van der Waals surface area contributed by atoms with Crippen molar-refractivity contribution < 1.29 is 14.1 Å². The number of rotatable bonds is 2. The molecule has 0 amide bonds. The van der Waals surface area contributed by atoms with Gasteiger partial charge in [0.05, 0.1) is 13.3 Å². The monoisotopic (exact) mass is 167 g/mol. The summed E-state index contributed by atoms with van der Waals surface area (Å²) >= 11 is 0. The predicted molar refractivity (Wildman–Crippen MR) is 39.8 cm³/mol. The van der Waals surface area contributed by atoms with E-state index in [2.05, 4.69) is 9.89 Å². The standard InChI is InChI=1S/C8H9NO3/c1-11-8(10)6-4-9-12-7(6)5-2-3-5/h4-5H,2-3H2,1H3. The van der Waals surface area contributed by atoms with Crippen molar-refractivity contribution in [3.05, 3.63) is 17.5 Å². The maximum atomic E-state index is 11.1. The lowest BCUT2D eigenvalue weighted by Crippen LogP contribution is -2.01. The highest BCUT2D eigenvalue weighted by Crippen LogP contribution is 2.41. The van der Waals surface area contributed by atoms with Crippen LogP contribution in [-0.4, -0.2) is 18.2 Å². The molecule has 0 radical (unpaired) electrons. The fraction of sp³-hybridized carbons (Fsp3) is 0.500. The maximum absolute atomic E-state index is 11.1.